The van der Waals surface area contributed by atoms with Gasteiger partial charge in [0, 0.05) is 23.3 Å². The number of benzene rings is 1. The van der Waals surface area contributed by atoms with E-state index in [9.17, 15) is 8.78 Å². The number of pyridine rings is 1. The standard InChI is InChI=1S/C14H14ClF2N3/c1-3-18-13-11(16)7-12(17)14(20-13)19-9-5-4-8(2)10(15)6-9/h4-7H,3H2,1-2H3,(H2,18,19,20). The minimum atomic E-state index is -0.763. The zero-order valence-electron chi connectivity index (χ0n) is 11.1. The van der Waals surface area contributed by atoms with Gasteiger partial charge in [0.15, 0.2) is 23.3 Å². The summed E-state index contributed by atoms with van der Waals surface area (Å²) >= 11 is 6.00. The molecule has 6 heteroatoms. The average molecular weight is 298 g/mol. The Balaban J connectivity index is 2.32. The Morgan fingerprint density at radius 2 is 1.85 bits per heavy atom. The number of halogens is 3. The highest BCUT2D eigenvalue weighted by molar-refractivity contribution is 6.31. The maximum atomic E-state index is 13.7. The van der Waals surface area contributed by atoms with Crippen LogP contribution in [0.4, 0.5) is 26.1 Å². The summed E-state index contributed by atoms with van der Waals surface area (Å²) in [5, 5.41) is 6.08. The van der Waals surface area contributed by atoms with E-state index >= 15 is 0 Å². The van der Waals surface area contributed by atoms with Crippen LogP contribution in [-0.4, -0.2) is 11.5 Å². The first-order chi connectivity index (χ1) is 9.51. The molecule has 2 rings (SSSR count). The molecule has 2 aromatic rings. The summed E-state index contributed by atoms with van der Waals surface area (Å²) in [5.74, 6) is -1.53. The lowest BCUT2D eigenvalue weighted by molar-refractivity contribution is 0.579. The van der Waals surface area contributed by atoms with Crippen LogP contribution in [0.15, 0.2) is 24.3 Å². The summed E-state index contributed by atoms with van der Waals surface area (Å²) in [6.07, 6.45) is 0. The first-order valence-corrected chi connectivity index (χ1v) is 6.52. The monoisotopic (exact) mass is 297 g/mol. The van der Waals surface area contributed by atoms with Gasteiger partial charge < -0.3 is 10.6 Å². The van der Waals surface area contributed by atoms with Crippen molar-refractivity contribution in [2.75, 3.05) is 17.2 Å². The molecule has 0 unspecified atom stereocenters. The molecule has 0 saturated carbocycles. The van der Waals surface area contributed by atoms with Gasteiger partial charge in [0.25, 0.3) is 0 Å². The van der Waals surface area contributed by atoms with E-state index in [1.165, 1.54) is 0 Å². The summed E-state index contributed by atoms with van der Waals surface area (Å²) < 4.78 is 27.2. The lowest BCUT2D eigenvalue weighted by atomic mass is 10.2. The molecule has 1 aromatic carbocycles. The number of aryl methyl sites for hydroxylation is 1. The van der Waals surface area contributed by atoms with E-state index in [1.807, 2.05) is 6.92 Å². The van der Waals surface area contributed by atoms with Crippen LogP contribution < -0.4 is 10.6 Å². The van der Waals surface area contributed by atoms with Crippen LogP contribution in [0.3, 0.4) is 0 Å². The zero-order valence-corrected chi connectivity index (χ0v) is 11.9. The third-order valence-electron chi connectivity index (χ3n) is 2.71. The smallest absolute Gasteiger partial charge is 0.169 e. The van der Waals surface area contributed by atoms with E-state index in [0.717, 1.165) is 11.6 Å². The van der Waals surface area contributed by atoms with E-state index in [1.54, 1.807) is 25.1 Å². The van der Waals surface area contributed by atoms with Gasteiger partial charge in [0.05, 0.1) is 0 Å². The largest absolute Gasteiger partial charge is 0.368 e. The highest BCUT2D eigenvalue weighted by atomic mass is 35.5. The van der Waals surface area contributed by atoms with Gasteiger partial charge in [0.2, 0.25) is 0 Å². The zero-order chi connectivity index (χ0) is 14.7. The van der Waals surface area contributed by atoms with Crippen LogP contribution in [0.5, 0.6) is 0 Å². The van der Waals surface area contributed by atoms with Gasteiger partial charge in [-0.1, -0.05) is 17.7 Å². The molecule has 0 aliphatic heterocycles. The molecule has 0 fully saturated rings. The molecule has 1 aromatic heterocycles. The molecule has 106 valence electrons. The van der Waals surface area contributed by atoms with Gasteiger partial charge >= 0.3 is 0 Å². The summed E-state index contributed by atoms with van der Waals surface area (Å²) in [5.41, 5.74) is 1.50. The maximum absolute atomic E-state index is 13.7. The Hall–Kier alpha value is -1.88. The number of nitrogens with zero attached hydrogens (tertiary/aromatic N) is 1. The van der Waals surface area contributed by atoms with Crippen LogP contribution in [0.1, 0.15) is 12.5 Å². The second-order valence-electron chi connectivity index (χ2n) is 4.27. The van der Waals surface area contributed by atoms with E-state index in [4.69, 9.17) is 11.6 Å². The first-order valence-electron chi connectivity index (χ1n) is 6.14. The summed E-state index contributed by atoms with van der Waals surface area (Å²) in [4.78, 5) is 3.89. The number of rotatable bonds is 4. The fourth-order valence-electron chi connectivity index (χ4n) is 1.65. The van der Waals surface area contributed by atoms with Crippen molar-refractivity contribution in [3.8, 4) is 0 Å². The molecule has 0 bridgehead atoms. The fourth-order valence-corrected chi connectivity index (χ4v) is 1.83. The van der Waals surface area contributed by atoms with Crippen LogP contribution in [0.25, 0.3) is 0 Å². The normalized spacial score (nSPS) is 10.4. The summed E-state index contributed by atoms with van der Waals surface area (Å²) in [7, 11) is 0. The van der Waals surface area contributed by atoms with Gasteiger partial charge in [-0.2, -0.15) is 0 Å². The molecule has 3 nitrogen and oxygen atoms in total. The Morgan fingerprint density at radius 1 is 1.15 bits per heavy atom. The topological polar surface area (TPSA) is 37.0 Å². The highest BCUT2D eigenvalue weighted by Crippen LogP contribution is 2.25. The van der Waals surface area contributed by atoms with Gasteiger partial charge in [-0.05, 0) is 31.5 Å². The SMILES string of the molecule is CCNc1nc(Nc2ccc(C)c(Cl)c2)c(F)cc1F. The Kier molecular flexibility index (Phi) is 4.39. The first kappa shape index (κ1) is 14.5. The molecule has 0 aliphatic rings. The number of aromatic nitrogens is 1. The second-order valence-corrected chi connectivity index (χ2v) is 4.68. The molecule has 0 aliphatic carbocycles. The van der Waals surface area contributed by atoms with Crippen LogP contribution >= 0.6 is 11.6 Å². The average Bonchev–Trinajstić information content (AvgIpc) is 2.39. The van der Waals surface area contributed by atoms with Crippen molar-refractivity contribution in [2.24, 2.45) is 0 Å². The fraction of sp³-hybridized carbons (Fsp3) is 0.214. The Bertz CT molecular complexity index is 632. The van der Waals surface area contributed by atoms with Crippen molar-refractivity contribution in [3.05, 3.63) is 46.5 Å². The van der Waals surface area contributed by atoms with Gasteiger partial charge in [0.1, 0.15) is 0 Å². The van der Waals surface area contributed by atoms with Gasteiger partial charge in [-0.3, -0.25) is 0 Å². The number of hydrogen-bond acceptors (Lipinski definition) is 3. The molecule has 0 atom stereocenters. The molecule has 2 N–H and O–H groups in total. The highest BCUT2D eigenvalue weighted by Gasteiger charge is 2.12. The van der Waals surface area contributed by atoms with E-state index in [-0.39, 0.29) is 11.6 Å². The molecular formula is C14H14ClF2N3. The predicted octanol–water partition coefficient (Wildman–Crippen LogP) is 4.50. The number of nitrogens with one attached hydrogen (secondary N) is 2. The van der Waals surface area contributed by atoms with Gasteiger partial charge in [-0.15, -0.1) is 0 Å². The number of anilines is 3. The Labute approximate surface area is 121 Å². The minimum absolute atomic E-state index is 0.00890. The molecule has 1 heterocycles. The molecule has 20 heavy (non-hydrogen) atoms. The molecule has 0 amide bonds. The summed E-state index contributed by atoms with van der Waals surface area (Å²) in [6.45, 7) is 4.16. The van der Waals surface area contributed by atoms with Crippen LogP contribution in [-0.2, 0) is 0 Å². The third kappa shape index (κ3) is 3.17. The van der Waals surface area contributed by atoms with Crippen molar-refractivity contribution in [1.29, 1.82) is 0 Å². The van der Waals surface area contributed by atoms with Crippen molar-refractivity contribution < 1.29 is 8.78 Å². The molecule has 0 radical (unpaired) electrons. The van der Waals surface area contributed by atoms with Crippen LogP contribution in [0, 0.1) is 18.6 Å². The van der Waals surface area contributed by atoms with Crippen molar-refractivity contribution in [3.63, 3.8) is 0 Å². The number of hydrogen-bond donors (Lipinski definition) is 2. The quantitative estimate of drug-likeness (QED) is 0.872. The van der Waals surface area contributed by atoms with Gasteiger partial charge in [-0.25, -0.2) is 13.8 Å². The van der Waals surface area contributed by atoms with Crippen molar-refractivity contribution in [1.82, 2.24) is 4.98 Å². The van der Waals surface area contributed by atoms with Crippen LogP contribution in [0.2, 0.25) is 5.02 Å². The molecular weight excluding hydrogens is 284 g/mol. The van der Waals surface area contributed by atoms with E-state index in [2.05, 4.69) is 15.6 Å². The van der Waals surface area contributed by atoms with Crippen molar-refractivity contribution >= 4 is 28.9 Å². The van der Waals surface area contributed by atoms with E-state index < -0.39 is 11.6 Å². The van der Waals surface area contributed by atoms with E-state index in [0.29, 0.717) is 17.3 Å². The third-order valence-corrected chi connectivity index (χ3v) is 3.12. The molecule has 0 saturated heterocycles. The summed E-state index contributed by atoms with van der Waals surface area (Å²) in [6, 6.07) is 6.01. The van der Waals surface area contributed by atoms with Crippen molar-refractivity contribution in [2.45, 2.75) is 13.8 Å². The lowest BCUT2D eigenvalue weighted by Crippen LogP contribution is -2.06. The maximum Gasteiger partial charge on any atom is 0.169 e. The molecule has 0 spiro atoms. The lowest BCUT2D eigenvalue weighted by Gasteiger charge is -2.11. The predicted molar refractivity (Wildman–Crippen MR) is 77.8 cm³/mol. The Morgan fingerprint density at radius 3 is 2.50 bits per heavy atom. The second kappa shape index (κ2) is 6.05. The minimum Gasteiger partial charge on any atom is -0.368 e.